The standard InChI is InChI=1S/C25H23N5O4S/c1-3-34-24(33)16-6-8-17(9-7-16)27-21(31)12-19-14-35-25-28-22-20(23(32)29(19)25)13-26-30(22)18-10-4-15(2)5-11-18/h4-11,13,19H,3,12,14H2,1-2H3,(H,27,31). The van der Waals surface area contributed by atoms with Crippen molar-refractivity contribution in [3.8, 4) is 5.69 Å². The highest BCUT2D eigenvalue weighted by molar-refractivity contribution is 7.99. The lowest BCUT2D eigenvalue weighted by molar-refractivity contribution is -0.116. The second-order valence-corrected chi connectivity index (χ2v) is 9.20. The molecular weight excluding hydrogens is 466 g/mol. The summed E-state index contributed by atoms with van der Waals surface area (Å²) in [5, 5.41) is 8.21. The summed E-state index contributed by atoms with van der Waals surface area (Å²) in [6, 6.07) is 14.0. The molecule has 0 bridgehead atoms. The Kier molecular flexibility index (Phi) is 6.12. The molecular formula is C25H23N5O4S. The number of amides is 1. The molecule has 3 heterocycles. The summed E-state index contributed by atoms with van der Waals surface area (Å²) in [5.74, 6) is -0.0642. The monoisotopic (exact) mass is 489 g/mol. The third-order valence-corrected chi connectivity index (χ3v) is 6.85. The fourth-order valence-electron chi connectivity index (χ4n) is 3.99. The van der Waals surface area contributed by atoms with Crippen molar-refractivity contribution in [2.45, 2.75) is 31.5 Å². The lowest BCUT2D eigenvalue weighted by Crippen LogP contribution is -2.27. The fraction of sp³-hybridized carbons (Fsp3) is 0.240. The maximum Gasteiger partial charge on any atom is 0.338 e. The number of fused-ring (bicyclic) bond motifs is 2. The maximum atomic E-state index is 13.3. The average Bonchev–Trinajstić information content (AvgIpc) is 3.45. The number of ether oxygens (including phenoxy) is 1. The van der Waals surface area contributed by atoms with E-state index in [-0.39, 0.29) is 23.9 Å². The minimum atomic E-state index is -0.408. The van der Waals surface area contributed by atoms with Crippen LogP contribution in [0.1, 0.15) is 35.3 Å². The molecule has 5 rings (SSSR count). The third kappa shape index (κ3) is 4.44. The molecule has 9 nitrogen and oxygen atoms in total. The highest BCUT2D eigenvalue weighted by Gasteiger charge is 2.29. The van der Waals surface area contributed by atoms with Gasteiger partial charge in [-0.2, -0.15) is 5.10 Å². The molecule has 1 aliphatic rings. The smallest absolute Gasteiger partial charge is 0.338 e. The van der Waals surface area contributed by atoms with Crippen LogP contribution in [0, 0.1) is 6.92 Å². The van der Waals surface area contributed by atoms with Gasteiger partial charge in [-0.15, -0.1) is 0 Å². The zero-order valence-corrected chi connectivity index (χ0v) is 20.0. The molecule has 0 saturated carbocycles. The van der Waals surface area contributed by atoms with E-state index in [2.05, 4.69) is 10.4 Å². The summed E-state index contributed by atoms with van der Waals surface area (Å²) >= 11 is 1.45. The predicted octanol–water partition coefficient (Wildman–Crippen LogP) is 3.74. The highest BCUT2D eigenvalue weighted by atomic mass is 32.2. The number of aryl methyl sites for hydroxylation is 1. The Morgan fingerprint density at radius 3 is 2.60 bits per heavy atom. The quantitative estimate of drug-likeness (QED) is 0.325. The van der Waals surface area contributed by atoms with Crippen LogP contribution in [0.3, 0.4) is 0 Å². The van der Waals surface area contributed by atoms with E-state index in [4.69, 9.17) is 9.72 Å². The molecule has 1 unspecified atom stereocenters. The van der Waals surface area contributed by atoms with Crippen LogP contribution < -0.4 is 10.9 Å². The van der Waals surface area contributed by atoms with E-state index in [1.54, 1.807) is 40.4 Å². The first-order chi connectivity index (χ1) is 16.9. The normalized spacial score (nSPS) is 14.6. The van der Waals surface area contributed by atoms with E-state index in [0.29, 0.717) is 39.8 Å². The average molecular weight is 490 g/mol. The predicted molar refractivity (Wildman–Crippen MR) is 133 cm³/mol. The van der Waals surface area contributed by atoms with Gasteiger partial charge in [0.05, 0.1) is 30.1 Å². The lowest BCUT2D eigenvalue weighted by atomic mass is 10.2. The Morgan fingerprint density at radius 2 is 1.89 bits per heavy atom. The topological polar surface area (TPSA) is 108 Å². The molecule has 2 aromatic carbocycles. The number of carbonyl (C=O) groups is 2. The number of nitrogens with one attached hydrogen (secondary N) is 1. The number of nitrogens with zero attached hydrogens (tertiary/aromatic N) is 4. The summed E-state index contributed by atoms with van der Waals surface area (Å²) in [7, 11) is 0. The van der Waals surface area contributed by atoms with Crippen molar-refractivity contribution >= 4 is 40.4 Å². The Morgan fingerprint density at radius 1 is 1.14 bits per heavy atom. The number of carbonyl (C=O) groups excluding carboxylic acids is 2. The Bertz CT molecular complexity index is 1480. The molecule has 178 valence electrons. The zero-order valence-electron chi connectivity index (χ0n) is 19.2. The molecule has 1 N–H and O–H groups in total. The number of hydrogen-bond acceptors (Lipinski definition) is 7. The molecule has 4 aromatic rings. The van der Waals surface area contributed by atoms with Crippen LogP contribution in [0.15, 0.2) is 64.7 Å². The molecule has 0 aliphatic carbocycles. The number of hydrogen-bond donors (Lipinski definition) is 1. The van der Waals surface area contributed by atoms with Gasteiger partial charge in [-0.1, -0.05) is 29.5 Å². The molecule has 1 amide bonds. The first-order valence-electron chi connectivity index (χ1n) is 11.2. The largest absolute Gasteiger partial charge is 0.462 e. The lowest BCUT2D eigenvalue weighted by Gasteiger charge is -2.13. The Balaban J connectivity index is 1.34. The van der Waals surface area contributed by atoms with Crippen molar-refractivity contribution in [1.29, 1.82) is 0 Å². The minimum Gasteiger partial charge on any atom is -0.462 e. The van der Waals surface area contributed by atoms with Crippen molar-refractivity contribution in [2.75, 3.05) is 17.7 Å². The van der Waals surface area contributed by atoms with E-state index in [9.17, 15) is 14.4 Å². The van der Waals surface area contributed by atoms with E-state index in [0.717, 1.165) is 11.3 Å². The van der Waals surface area contributed by atoms with Gasteiger partial charge in [0.1, 0.15) is 5.39 Å². The van der Waals surface area contributed by atoms with Gasteiger partial charge in [0, 0.05) is 17.9 Å². The van der Waals surface area contributed by atoms with Crippen LogP contribution in [-0.4, -0.2) is 43.6 Å². The molecule has 0 fully saturated rings. The van der Waals surface area contributed by atoms with Crippen LogP contribution in [-0.2, 0) is 9.53 Å². The van der Waals surface area contributed by atoms with Gasteiger partial charge in [-0.25, -0.2) is 14.5 Å². The summed E-state index contributed by atoms with van der Waals surface area (Å²) < 4.78 is 8.23. The van der Waals surface area contributed by atoms with Crippen LogP contribution in [0.4, 0.5) is 5.69 Å². The number of aromatic nitrogens is 4. The molecule has 0 radical (unpaired) electrons. The molecule has 2 aromatic heterocycles. The van der Waals surface area contributed by atoms with Gasteiger partial charge in [0.25, 0.3) is 5.56 Å². The van der Waals surface area contributed by atoms with E-state index < -0.39 is 5.97 Å². The summed E-state index contributed by atoms with van der Waals surface area (Å²) in [6.07, 6.45) is 1.65. The zero-order chi connectivity index (χ0) is 24.5. The highest BCUT2D eigenvalue weighted by Crippen LogP contribution is 2.33. The van der Waals surface area contributed by atoms with Gasteiger partial charge in [0.15, 0.2) is 10.8 Å². The van der Waals surface area contributed by atoms with Gasteiger partial charge in [-0.3, -0.25) is 14.2 Å². The molecule has 10 heteroatoms. The first-order valence-corrected chi connectivity index (χ1v) is 12.2. The molecule has 35 heavy (non-hydrogen) atoms. The van der Waals surface area contributed by atoms with Crippen LogP contribution >= 0.6 is 11.8 Å². The number of esters is 1. The van der Waals surface area contributed by atoms with Crippen LogP contribution in [0.5, 0.6) is 0 Å². The molecule has 1 atom stereocenters. The number of benzene rings is 2. The molecule has 1 aliphatic heterocycles. The number of thioether (sulfide) groups is 1. The Hall–Kier alpha value is -3.92. The number of anilines is 1. The first kappa shape index (κ1) is 22.9. The molecule has 0 spiro atoms. The summed E-state index contributed by atoms with van der Waals surface area (Å²) in [5.41, 5.74) is 3.24. The second kappa shape index (κ2) is 9.38. The third-order valence-electron chi connectivity index (χ3n) is 5.75. The van der Waals surface area contributed by atoms with Crippen molar-refractivity contribution in [3.05, 3.63) is 76.2 Å². The second-order valence-electron chi connectivity index (χ2n) is 8.21. The summed E-state index contributed by atoms with van der Waals surface area (Å²) in [4.78, 5) is 42.5. The van der Waals surface area contributed by atoms with Crippen molar-refractivity contribution in [3.63, 3.8) is 0 Å². The van der Waals surface area contributed by atoms with Crippen molar-refractivity contribution in [1.82, 2.24) is 19.3 Å². The molecule has 0 saturated heterocycles. The van der Waals surface area contributed by atoms with Crippen LogP contribution in [0.2, 0.25) is 0 Å². The minimum absolute atomic E-state index is 0.124. The Labute approximate surface area is 205 Å². The van der Waals surface area contributed by atoms with E-state index >= 15 is 0 Å². The van der Waals surface area contributed by atoms with Gasteiger partial charge in [0.2, 0.25) is 5.91 Å². The van der Waals surface area contributed by atoms with E-state index in [1.165, 1.54) is 18.0 Å². The van der Waals surface area contributed by atoms with Gasteiger partial charge in [-0.05, 0) is 50.2 Å². The number of rotatable bonds is 6. The van der Waals surface area contributed by atoms with Crippen molar-refractivity contribution in [2.24, 2.45) is 0 Å². The fourth-order valence-corrected chi connectivity index (χ4v) is 5.12. The maximum absolute atomic E-state index is 13.3. The van der Waals surface area contributed by atoms with Gasteiger partial charge < -0.3 is 10.1 Å². The van der Waals surface area contributed by atoms with Crippen molar-refractivity contribution < 1.29 is 14.3 Å². The SMILES string of the molecule is CCOC(=O)c1ccc(NC(=O)CC2CSc3nc4c(cnn4-c4ccc(C)cc4)c(=O)n32)cc1. The van der Waals surface area contributed by atoms with Crippen LogP contribution in [0.25, 0.3) is 16.7 Å². The summed E-state index contributed by atoms with van der Waals surface area (Å²) in [6.45, 7) is 4.05. The van der Waals surface area contributed by atoms with E-state index in [1.807, 2.05) is 31.2 Å². The van der Waals surface area contributed by atoms with Gasteiger partial charge >= 0.3 is 5.97 Å².